The molecule has 1 aliphatic heterocycles. The van der Waals surface area contributed by atoms with E-state index in [9.17, 15) is 0 Å². The van der Waals surface area contributed by atoms with Gasteiger partial charge in [-0.15, -0.1) is 0 Å². The van der Waals surface area contributed by atoms with Crippen molar-refractivity contribution in [1.29, 1.82) is 0 Å². The monoisotopic (exact) mass is 424 g/mol. The average molecular weight is 425 g/mol. The Labute approximate surface area is 161 Å². The van der Waals surface area contributed by atoms with Crippen LogP contribution >= 0.6 is 0 Å². The van der Waals surface area contributed by atoms with E-state index in [0.29, 0.717) is 28.4 Å². The first-order valence-electron chi connectivity index (χ1n) is 9.87. The van der Waals surface area contributed by atoms with Gasteiger partial charge < -0.3 is 21.2 Å². The first-order chi connectivity index (χ1) is 11.6. The van der Waals surface area contributed by atoms with Crippen molar-refractivity contribution in [3.05, 3.63) is 0 Å². The molecular weight excluding hydrogens is 385 g/mol. The van der Waals surface area contributed by atoms with Crippen LogP contribution in [0.15, 0.2) is 0 Å². The van der Waals surface area contributed by atoms with Crippen molar-refractivity contribution in [2.45, 2.75) is 90.9 Å². The molecule has 25 heavy (non-hydrogen) atoms. The number of ether oxygens (including phenoxy) is 1. The molecule has 1 saturated heterocycles. The molecule has 0 aliphatic carbocycles. The number of hydrogen-bond donors (Lipinski definition) is 0. The maximum atomic E-state index is 6.81. The maximum Gasteiger partial charge on any atom is 0.349 e. The van der Waals surface area contributed by atoms with Crippen molar-refractivity contribution in [3.63, 3.8) is 0 Å². The van der Waals surface area contributed by atoms with E-state index in [1.54, 1.807) is 0 Å². The molecule has 0 radical (unpaired) electrons. The van der Waals surface area contributed by atoms with Gasteiger partial charge in [0.1, 0.15) is 0 Å². The Balaban J connectivity index is 3.15. The van der Waals surface area contributed by atoms with E-state index in [-0.39, 0.29) is 0 Å². The number of rotatable bonds is 8. The van der Waals surface area contributed by atoms with Crippen LogP contribution in [0.25, 0.3) is 0 Å². The highest BCUT2D eigenvalue weighted by Crippen LogP contribution is 2.34. The van der Waals surface area contributed by atoms with Gasteiger partial charge in [0.15, 0.2) is 0 Å². The van der Waals surface area contributed by atoms with Crippen LogP contribution in [0, 0.1) is 0 Å². The van der Waals surface area contributed by atoms with Crippen LogP contribution in [0.2, 0.25) is 22.2 Å². The summed E-state index contributed by atoms with van der Waals surface area (Å²) in [6.07, 6.45) is 1.60. The molecule has 9 heteroatoms. The first-order valence-corrected chi connectivity index (χ1v) is 16.8. The summed E-state index contributed by atoms with van der Waals surface area (Å²) < 4.78 is 32.7. The van der Waals surface area contributed by atoms with Crippen LogP contribution in [0.4, 0.5) is 0 Å². The lowest BCUT2D eigenvalue weighted by atomic mass is 10.5. The zero-order valence-corrected chi connectivity index (χ0v) is 22.2. The predicted molar refractivity (Wildman–Crippen MR) is 113 cm³/mol. The fraction of sp³-hybridized carbons (Fsp3) is 1.00. The van der Waals surface area contributed by atoms with Crippen molar-refractivity contribution in [3.8, 4) is 0 Å². The van der Waals surface area contributed by atoms with E-state index in [2.05, 4.69) is 62.3 Å². The zero-order valence-electron chi connectivity index (χ0n) is 17.7. The van der Waals surface area contributed by atoms with Gasteiger partial charge in [-0.2, -0.15) is 0 Å². The third-order valence-corrected chi connectivity index (χ3v) is 19.3. The second-order valence-electron chi connectivity index (χ2n) is 8.36. The second-order valence-corrected chi connectivity index (χ2v) is 21.7. The molecule has 0 bridgehead atoms. The van der Waals surface area contributed by atoms with Crippen LogP contribution in [-0.2, 0) is 21.2 Å². The van der Waals surface area contributed by atoms with Crippen molar-refractivity contribution in [2.75, 3.05) is 12.8 Å². The highest BCUT2D eigenvalue weighted by Gasteiger charge is 2.50. The topological polar surface area (TPSA) is 46.2 Å². The van der Waals surface area contributed by atoms with Gasteiger partial charge in [0.2, 0.25) is 0 Å². The SMILES string of the molecule is CCCOC[Si]1(C(C)C)O[SiH](C(C)C)O[SiH](C(C)C)O[SiH](C(C)C)O1. The minimum Gasteiger partial charge on any atom is -0.420 e. The van der Waals surface area contributed by atoms with Crippen molar-refractivity contribution < 1.29 is 21.2 Å². The summed E-state index contributed by atoms with van der Waals surface area (Å²) in [7, 11) is -8.02. The minimum atomic E-state index is -2.52. The lowest BCUT2D eigenvalue weighted by molar-refractivity contribution is 0.134. The Hall–Kier alpha value is 0.668. The quantitative estimate of drug-likeness (QED) is 0.438. The number of hydrogen-bond acceptors (Lipinski definition) is 5. The Bertz CT molecular complexity index is 362. The molecule has 1 heterocycles. The molecule has 2 unspecified atom stereocenters. The molecule has 1 rings (SSSR count). The molecule has 2 atom stereocenters. The molecule has 150 valence electrons. The molecule has 1 fully saturated rings. The second kappa shape index (κ2) is 10.9. The van der Waals surface area contributed by atoms with Gasteiger partial charge in [0.25, 0.3) is 0 Å². The summed E-state index contributed by atoms with van der Waals surface area (Å²) in [5.74, 6) is 0. The predicted octanol–water partition coefficient (Wildman–Crippen LogP) is 3.78. The fourth-order valence-electron chi connectivity index (χ4n) is 2.54. The van der Waals surface area contributed by atoms with Gasteiger partial charge in [0.05, 0.1) is 6.23 Å². The Kier molecular flexibility index (Phi) is 10.3. The average Bonchev–Trinajstić information content (AvgIpc) is 2.48. The molecule has 0 spiro atoms. The van der Waals surface area contributed by atoms with Crippen molar-refractivity contribution >= 4 is 36.4 Å². The smallest absolute Gasteiger partial charge is 0.349 e. The molecule has 0 saturated carbocycles. The largest absolute Gasteiger partial charge is 0.420 e. The van der Waals surface area contributed by atoms with E-state index in [4.69, 9.17) is 21.2 Å². The Morgan fingerprint density at radius 3 is 1.52 bits per heavy atom. The molecule has 0 amide bonds. The van der Waals surface area contributed by atoms with E-state index in [0.717, 1.165) is 13.0 Å². The normalized spacial score (nSPS) is 31.8. The van der Waals surface area contributed by atoms with Crippen LogP contribution < -0.4 is 0 Å². The Morgan fingerprint density at radius 1 is 0.760 bits per heavy atom. The Morgan fingerprint density at radius 2 is 1.20 bits per heavy atom. The summed E-state index contributed by atoms with van der Waals surface area (Å²) in [6, 6.07) is 0. The molecule has 0 aromatic rings. The van der Waals surface area contributed by atoms with Crippen molar-refractivity contribution in [1.82, 2.24) is 0 Å². The molecular formula is C16H40O5Si4. The zero-order chi connectivity index (χ0) is 19.2. The van der Waals surface area contributed by atoms with Gasteiger partial charge in [0, 0.05) is 6.61 Å². The van der Waals surface area contributed by atoms with E-state index >= 15 is 0 Å². The lowest BCUT2D eigenvalue weighted by Crippen LogP contribution is -2.62. The van der Waals surface area contributed by atoms with Crippen LogP contribution in [0.1, 0.15) is 68.7 Å². The molecule has 0 aromatic carbocycles. The highest BCUT2D eigenvalue weighted by molar-refractivity contribution is 6.83. The fourth-order valence-corrected chi connectivity index (χ4v) is 21.5. The third kappa shape index (κ3) is 6.96. The van der Waals surface area contributed by atoms with E-state index in [1.807, 2.05) is 0 Å². The van der Waals surface area contributed by atoms with Gasteiger partial charge in [-0.1, -0.05) is 62.3 Å². The standard InChI is InChI=1S/C16H40O5Si4/c1-10-11-17-12-25(16(8)9)20-23(14(4)5)18-22(13(2)3)19-24(21-25)15(6)7/h13-16,22-24H,10-12H2,1-9H3. The molecule has 5 nitrogen and oxygen atoms in total. The summed E-state index contributed by atoms with van der Waals surface area (Å²) in [5, 5.41) is 0. The first kappa shape index (κ1) is 23.7. The highest BCUT2D eigenvalue weighted by atomic mass is 28.5. The van der Waals surface area contributed by atoms with Crippen LogP contribution in [-0.4, -0.2) is 49.2 Å². The minimum absolute atomic E-state index is 0.316. The summed E-state index contributed by atoms with van der Waals surface area (Å²) in [6.45, 7) is 20.5. The lowest BCUT2D eigenvalue weighted by Gasteiger charge is -2.45. The molecule has 1 aliphatic rings. The summed E-state index contributed by atoms with van der Waals surface area (Å²) >= 11 is 0. The van der Waals surface area contributed by atoms with Crippen LogP contribution in [0.3, 0.4) is 0 Å². The maximum absolute atomic E-state index is 6.81. The van der Waals surface area contributed by atoms with E-state index in [1.165, 1.54) is 0 Å². The third-order valence-electron chi connectivity index (χ3n) is 4.33. The molecule has 0 aromatic heterocycles. The van der Waals surface area contributed by atoms with Gasteiger partial charge in [-0.05, 0) is 28.6 Å². The summed E-state index contributed by atoms with van der Waals surface area (Å²) in [4.78, 5) is 0. The van der Waals surface area contributed by atoms with Crippen LogP contribution in [0.5, 0.6) is 0 Å². The van der Waals surface area contributed by atoms with Crippen molar-refractivity contribution in [2.24, 2.45) is 0 Å². The van der Waals surface area contributed by atoms with Gasteiger partial charge in [-0.25, -0.2) is 0 Å². The van der Waals surface area contributed by atoms with Gasteiger partial charge in [-0.3, -0.25) is 0 Å². The van der Waals surface area contributed by atoms with Gasteiger partial charge >= 0.3 is 36.4 Å². The summed E-state index contributed by atoms with van der Waals surface area (Å²) in [5.41, 5.74) is 1.54. The molecule has 0 N–H and O–H groups in total. The van der Waals surface area contributed by atoms with E-state index < -0.39 is 36.4 Å².